The van der Waals surface area contributed by atoms with Crippen LogP contribution in [0.3, 0.4) is 0 Å². The van der Waals surface area contributed by atoms with E-state index in [1.54, 1.807) is 24.0 Å². The van der Waals surface area contributed by atoms with E-state index in [9.17, 15) is 9.59 Å². The summed E-state index contributed by atoms with van der Waals surface area (Å²) in [5.41, 5.74) is 0.616. The number of ether oxygens (including phenoxy) is 2. The number of esters is 2. The van der Waals surface area contributed by atoms with E-state index in [0.717, 1.165) is 0 Å². The number of rotatable bonds is 2. The number of methoxy groups -OCH3 is 2. The van der Waals surface area contributed by atoms with Crippen LogP contribution < -0.4 is 28.5 Å². The number of carbonyl (C=O) groups is 2. The predicted octanol–water partition coefficient (Wildman–Crippen LogP) is -2.91. The molecule has 5 nitrogen and oxygen atoms in total. The smallest absolute Gasteiger partial charge is 0.343 e. The first kappa shape index (κ1) is 14.8. The van der Waals surface area contributed by atoms with Gasteiger partial charge in [-0.2, -0.15) is 0 Å². The maximum atomic E-state index is 11.2. The second kappa shape index (κ2) is 6.41. The molecule has 88 valence electrons. The molecule has 0 unspecified atom stereocenters. The first-order chi connectivity index (χ1) is 7.08. The highest BCUT2D eigenvalue weighted by Gasteiger charge is 2.16. The molecule has 0 spiro atoms. The lowest BCUT2D eigenvalue weighted by atomic mass is 10.2. The predicted molar refractivity (Wildman–Crippen MR) is 50.3 cm³/mol. The average molecular weight is 337 g/mol. The number of hydrogen-bond donors (Lipinski definition) is 0. The SMILES string of the molecule is COC(=O)c1cc(C(=O)OC)c[n+](C)c1.[I-]. The van der Waals surface area contributed by atoms with E-state index in [1.807, 2.05) is 0 Å². The van der Waals surface area contributed by atoms with Gasteiger partial charge in [0.2, 0.25) is 0 Å². The van der Waals surface area contributed by atoms with Crippen molar-refractivity contribution in [3.8, 4) is 0 Å². The third kappa shape index (κ3) is 3.44. The average Bonchev–Trinajstić information content (AvgIpc) is 2.26. The van der Waals surface area contributed by atoms with E-state index in [0.29, 0.717) is 11.1 Å². The molecule has 0 aliphatic heterocycles. The van der Waals surface area contributed by atoms with Crippen molar-refractivity contribution in [2.75, 3.05) is 14.2 Å². The molecule has 0 N–H and O–H groups in total. The van der Waals surface area contributed by atoms with Crippen molar-refractivity contribution >= 4 is 11.9 Å². The minimum absolute atomic E-state index is 0. The van der Waals surface area contributed by atoms with Gasteiger partial charge in [-0.1, -0.05) is 0 Å². The highest BCUT2D eigenvalue weighted by Crippen LogP contribution is 2.04. The summed E-state index contributed by atoms with van der Waals surface area (Å²) in [6, 6.07) is 1.43. The van der Waals surface area contributed by atoms with Gasteiger partial charge in [-0.15, -0.1) is 0 Å². The molecule has 0 fully saturated rings. The lowest BCUT2D eigenvalue weighted by Gasteiger charge is -2.00. The van der Waals surface area contributed by atoms with Crippen LogP contribution in [-0.4, -0.2) is 26.2 Å². The summed E-state index contributed by atoms with van der Waals surface area (Å²) in [5, 5.41) is 0. The summed E-state index contributed by atoms with van der Waals surface area (Å²) < 4.78 is 10.7. The third-order valence-electron chi connectivity index (χ3n) is 1.84. The zero-order valence-corrected chi connectivity index (χ0v) is 11.3. The third-order valence-corrected chi connectivity index (χ3v) is 1.84. The van der Waals surface area contributed by atoms with Crippen molar-refractivity contribution in [1.29, 1.82) is 0 Å². The number of aromatic nitrogens is 1. The Morgan fingerprint density at radius 1 is 1.06 bits per heavy atom. The Morgan fingerprint density at radius 3 is 1.75 bits per heavy atom. The number of aryl methyl sites for hydroxylation is 1. The van der Waals surface area contributed by atoms with Gasteiger partial charge in [-0.25, -0.2) is 14.2 Å². The Bertz CT molecular complexity index is 372. The molecule has 0 bridgehead atoms. The number of pyridine rings is 1. The van der Waals surface area contributed by atoms with Gasteiger partial charge in [-0.05, 0) is 6.07 Å². The minimum Gasteiger partial charge on any atom is -1.00 e. The van der Waals surface area contributed by atoms with Crippen molar-refractivity contribution in [2.45, 2.75) is 0 Å². The molecule has 0 saturated carbocycles. The zero-order valence-electron chi connectivity index (χ0n) is 9.19. The molecule has 1 aromatic rings. The fourth-order valence-corrected chi connectivity index (χ4v) is 1.18. The fourth-order valence-electron chi connectivity index (χ4n) is 1.18. The van der Waals surface area contributed by atoms with Crippen LogP contribution in [-0.2, 0) is 16.5 Å². The van der Waals surface area contributed by atoms with Crippen LogP contribution >= 0.6 is 0 Å². The van der Waals surface area contributed by atoms with Crippen molar-refractivity contribution in [2.24, 2.45) is 7.05 Å². The van der Waals surface area contributed by atoms with Crippen LogP contribution in [0.4, 0.5) is 0 Å². The van der Waals surface area contributed by atoms with E-state index in [2.05, 4.69) is 9.47 Å². The molecule has 1 heterocycles. The molecule has 0 amide bonds. The Hall–Kier alpha value is -1.18. The number of nitrogens with zero attached hydrogens (tertiary/aromatic N) is 1. The van der Waals surface area contributed by atoms with Crippen molar-refractivity contribution < 1.29 is 47.6 Å². The van der Waals surface area contributed by atoms with E-state index >= 15 is 0 Å². The maximum absolute atomic E-state index is 11.2. The Kier molecular flexibility index (Phi) is 5.94. The van der Waals surface area contributed by atoms with E-state index in [4.69, 9.17) is 0 Å². The van der Waals surface area contributed by atoms with Crippen LogP contribution in [0.2, 0.25) is 0 Å². The summed E-state index contributed by atoms with van der Waals surface area (Å²) in [6.07, 6.45) is 3.14. The van der Waals surface area contributed by atoms with Gasteiger partial charge >= 0.3 is 11.9 Å². The van der Waals surface area contributed by atoms with Crippen LogP contribution in [0.5, 0.6) is 0 Å². The fraction of sp³-hybridized carbons (Fsp3) is 0.300. The lowest BCUT2D eigenvalue weighted by molar-refractivity contribution is -0.671. The molecule has 0 aliphatic rings. The highest BCUT2D eigenvalue weighted by atomic mass is 127. The second-order valence-electron chi connectivity index (χ2n) is 2.96. The van der Waals surface area contributed by atoms with Crippen LogP contribution in [0.25, 0.3) is 0 Å². The highest BCUT2D eigenvalue weighted by molar-refractivity contribution is 5.94. The van der Waals surface area contributed by atoms with Gasteiger partial charge in [-0.3, -0.25) is 0 Å². The maximum Gasteiger partial charge on any atom is 0.343 e. The van der Waals surface area contributed by atoms with Gasteiger partial charge in [0.05, 0.1) is 14.2 Å². The number of carbonyl (C=O) groups excluding carboxylic acids is 2. The van der Waals surface area contributed by atoms with E-state index < -0.39 is 11.9 Å². The molecule has 0 aliphatic carbocycles. The molecule has 0 saturated heterocycles. The van der Waals surface area contributed by atoms with E-state index in [-0.39, 0.29) is 24.0 Å². The van der Waals surface area contributed by atoms with Gasteiger partial charge < -0.3 is 33.5 Å². The number of halogens is 1. The van der Waals surface area contributed by atoms with Gasteiger partial charge in [0, 0.05) is 0 Å². The summed E-state index contributed by atoms with van der Waals surface area (Å²) in [4.78, 5) is 22.5. The van der Waals surface area contributed by atoms with Gasteiger partial charge in [0.25, 0.3) is 0 Å². The minimum atomic E-state index is -0.489. The molecular formula is C10H12INO4. The second-order valence-corrected chi connectivity index (χ2v) is 2.96. The Morgan fingerprint density at radius 2 is 1.44 bits per heavy atom. The van der Waals surface area contributed by atoms with E-state index in [1.165, 1.54) is 20.3 Å². The first-order valence-electron chi connectivity index (χ1n) is 4.25. The molecule has 16 heavy (non-hydrogen) atoms. The van der Waals surface area contributed by atoms with Crippen LogP contribution in [0.1, 0.15) is 20.7 Å². The van der Waals surface area contributed by atoms with Gasteiger partial charge in [0.1, 0.15) is 18.2 Å². The monoisotopic (exact) mass is 337 g/mol. The molecular weight excluding hydrogens is 325 g/mol. The zero-order chi connectivity index (χ0) is 11.4. The van der Waals surface area contributed by atoms with Crippen molar-refractivity contribution in [3.05, 3.63) is 29.6 Å². The summed E-state index contributed by atoms with van der Waals surface area (Å²) in [5.74, 6) is -0.979. The largest absolute Gasteiger partial charge is 1.00 e. The Balaban J connectivity index is 0.00000225. The standard InChI is InChI=1S/C10H12NO4.HI/c1-11-5-7(9(12)14-2)4-8(6-11)10(13)15-3;/h4-6H,1-3H3;1H/q+1;/p-1. The summed E-state index contributed by atoms with van der Waals surface area (Å²) in [7, 11) is 4.28. The van der Waals surface area contributed by atoms with Crippen LogP contribution in [0.15, 0.2) is 18.5 Å². The molecule has 0 radical (unpaired) electrons. The molecule has 6 heteroatoms. The lowest BCUT2D eigenvalue weighted by Crippen LogP contribution is -3.00. The van der Waals surface area contributed by atoms with Gasteiger partial charge in [0.15, 0.2) is 12.4 Å². The quantitative estimate of drug-likeness (QED) is 0.330. The molecule has 1 rings (SSSR count). The molecule has 1 aromatic heterocycles. The molecule has 0 atom stereocenters. The summed E-state index contributed by atoms with van der Waals surface area (Å²) in [6.45, 7) is 0. The normalized spacial score (nSPS) is 8.94. The van der Waals surface area contributed by atoms with Crippen molar-refractivity contribution in [3.63, 3.8) is 0 Å². The first-order valence-corrected chi connectivity index (χ1v) is 4.25. The Labute approximate surface area is 110 Å². The topological polar surface area (TPSA) is 56.5 Å². The molecule has 0 aromatic carbocycles. The van der Waals surface area contributed by atoms with Crippen LogP contribution in [0, 0.1) is 0 Å². The number of hydrogen-bond acceptors (Lipinski definition) is 4. The summed E-state index contributed by atoms with van der Waals surface area (Å²) >= 11 is 0. The van der Waals surface area contributed by atoms with Crippen molar-refractivity contribution in [1.82, 2.24) is 0 Å².